The van der Waals surface area contributed by atoms with Gasteiger partial charge in [0.25, 0.3) is 5.91 Å². The number of carbonyl (C=O) groups excluding carboxylic acids is 1. The molecule has 0 bridgehead atoms. The Kier molecular flexibility index (Phi) is 3.67. The van der Waals surface area contributed by atoms with Crippen molar-refractivity contribution in [2.75, 3.05) is 20.2 Å². The maximum atomic E-state index is 12.1. The van der Waals surface area contributed by atoms with Crippen molar-refractivity contribution < 1.29 is 18.8 Å². The molecule has 0 aliphatic carbocycles. The minimum Gasteiger partial charge on any atom is -0.480 e. The molecule has 0 radical (unpaired) electrons. The summed E-state index contributed by atoms with van der Waals surface area (Å²) in [5, 5.41) is 11.3. The van der Waals surface area contributed by atoms with Crippen LogP contribution in [0, 0.1) is 0 Å². The molecule has 1 aliphatic heterocycles. The summed E-state index contributed by atoms with van der Waals surface area (Å²) < 4.78 is 15.5. The monoisotopic (exact) mass is 290 g/mol. The zero-order valence-corrected chi connectivity index (χ0v) is 11.4. The summed E-state index contributed by atoms with van der Waals surface area (Å²) in [6.07, 6.45) is 2.07. The van der Waals surface area contributed by atoms with Crippen molar-refractivity contribution in [3.8, 4) is 11.8 Å². The zero-order chi connectivity index (χ0) is 14.7. The van der Waals surface area contributed by atoms with Crippen LogP contribution in [-0.2, 0) is 0 Å². The van der Waals surface area contributed by atoms with E-state index in [1.807, 2.05) is 0 Å². The van der Waals surface area contributed by atoms with Crippen molar-refractivity contribution in [3.05, 3.63) is 30.2 Å². The first-order valence-corrected chi connectivity index (χ1v) is 6.50. The third kappa shape index (κ3) is 2.93. The lowest BCUT2D eigenvalue weighted by Crippen LogP contribution is -2.30. The van der Waals surface area contributed by atoms with E-state index in [4.69, 9.17) is 14.0 Å². The standard InChI is InChI=1S/C13H14N4O4/c1-19-11-2-3-12(16-15-11)20-9-5-7-17(8-9)13(18)10-4-6-14-21-10/h2-4,6,9H,5,7-8H2,1H3/t9-/m0/s1. The van der Waals surface area contributed by atoms with Crippen molar-refractivity contribution in [2.24, 2.45) is 0 Å². The molecule has 110 valence electrons. The van der Waals surface area contributed by atoms with E-state index in [2.05, 4.69) is 15.4 Å². The van der Waals surface area contributed by atoms with Crippen molar-refractivity contribution in [1.82, 2.24) is 20.3 Å². The molecule has 0 N–H and O–H groups in total. The summed E-state index contributed by atoms with van der Waals surface area (Å²) >= 11 is 0. The summed E-state index contributed by atoms with van der Waals surface area (Å²) in [6, 6.07) is 4.91. The Balaban J connectivity index is 1.58. The number of rotatable bonds is 4. The lowest BCUT2D eigenvalue weighted by Gasteiger charge is -2.15. The summed E-state index contributed by atoms with van der Waals surface area (Å²) in [4.78, 5) is 13.8. The predicted octanol–water partition coefficient (Wildman–Crippen LogP) is 0.767. The SMILES string of the molecule is COc1ccc(O[C@H]2CCN(C(=O)c3ccno3)C2)nn1. The van der Waals surface area contributed by atoms with Crippen molar-refractivity contribution in [2.45, 2.75) is 12.5 Å². The number of hydrogen-bond donors (Lipinski definition) is 0. The number of carbonyl (C=O) groups is 1. The van der Waals surface area contributed by atoms with Crippen molar-refractivity contribution in [3.63, 3.8) is 0 Å². The molecule has 2 aromatic heterocycles. The van der Waals surface area contributed by atoms with Crippen LogP contribution in [0.15, 0.2) is 28.9 Å². The van der Waals surface area contributed by atoms with Crippen LogP contribution in [0.1, 0.15) is 17.0 Å². The topological polar surface area (TPSA) is 90.6 Å². The van der Waals surface area contributed by atoms with Gasteiger partial charge >= 0.3 is 0 Å². The molecular weight excluding hydrogens is 276 g/mol. The third-order valence-electron chi connectivity index (χ3n) is 3.19. The number of amides is 1. The average Bonchev–Trinajstić information content (AvgIpc) is 3.19. The maximum Gasteiger partial charge on any atom is 0.292 e. The van der Waals surface area contributed by atoms with Crippen LogP contribution in [0.5, 0.6) is 11.8 Å². The van der Waals surface area contributed by atoms with Gasteiger partial charge in [-0.05, 0) is 0 Å². The predicted molar refractivity (Wildman–Crippen MR) is 70.0 cm³/mol. The Hall–Kier alpha value is -2.64. The van der Waals surface area contributed by atoms with Gasteiger partial charge in [0.1, 0.15) is 6.10 Å². The molecular formula is C13H14N4O4. The van der Waals surface area contributed by atoms with E-state index in [0.717, 1.165) is 6.42 Å². The molecule has 1 aliphatic rings. The smallest absolute Gasteiger partial charge is 0.292 e. The lowest BCUT2D eigenvalue weighted by atomic mass is 10.3. The molecule has 1 saturated heterocycles. The lowest BCUT2D eigenvalue weighted by molar-refractivity contribution is 0.0730. The second-order valence-corrected chi connectivity index (χ2v) is 4.57. The highest BCUT2D eigenvalue weighted by atomic mass is 16.5. The number of hydrogen-bond acceptors (Lipinski definition) is 7. The summed E-state index contributed by atoms with van der Waals surface area (Å²) in [5.41, 5.74) is 0. The van der Waals surface area contributed by atoms with E-state index in [-0.39, 0.29) is 17.8 Å². The highest BCUT2D eigenvalue weighted by Gasteiger charge is 2.30. The van der Waals surface area contributed by atoms with Gasteiger partial charge in [0.2, 0.25) is 17.5 Å². The number of nitrogens with zero attached hydrogens (tertiary/aromatic N) is 4. The first kappa shape index (κ1) is 13.3. The van der Waals surface area contributed by atoms with E-state index >= 15 is 0 Å². The number of likely N-dealkylation sites (tertiary alicyclic amines) is 1. The zero-order valence-electron chi connectivity index (χ0n) is 11.4. The fourth-order valence-corrected chi connectivity index (χ4v) is 2.14. The molecule has 8 heteroatoms. The van der Waals surface area contributed by atoms with Crippen molar-refractivity contribution in [1.29, 1.82) is 0 Å². The summed E-state index contributed by atoms with van der Waals surface area (Å²) in [5.74, 6) is 0.893. The first-order valence-electron chi connectivity index (χ1n) is 6.50. The molecule has 8 nitrogen and oxygen atoms in total. The second kappa shape index (κ2) is 5.78. The van der Waals surface area contributed by atoms with Crippen LogP contribution in [0.2, 0.25) is 0 Å². The van der Waals surface area contributed by atoms with E-state index in [1.165, 1.54) is 13.3 Å². The molecule has 1 atom stereocenters. The molecule has 3 heterocycles. The van der Waals surface area contributed by atoms with Gasteiger partial charge in [-0.25, -0.2) is 0 Å². The molecule has 0 unspecified atom stereocenters. The van der Waals surface area contributed by atoms with Gasteiger partial charge in [0.05, 0.1) is 19.9 Å². The van der Waals surface area contributed by atoms with Crippen LogP contribution in [-0.4, -0.2) is 52.5 Å². The van der Waals surface area contributed by atoms with E-state index < -0.39 is 0 Å². The van der Waals surface area contributed by atoms with Gasteiger partial charge in [-0.3, -0.25) is 4.79 Å². The molecule has 0 saturated carbocycles. The van der Waals surface area contributed by atoms with Gasteiger partial charge in [-0.1, -0.05) is 5.16 Å². The minimum atomic E-state index is -0.181. The van der Waals surface area contributed by atoms with Crippen LogP contribution < -0.4 is 9.47 Å². The second-order valence-electron chi connectivity index (χ2n) is 4.57. The molecule has 2 aromatic rings. The highest BCUT2D eigenvalue weighted by Crippen LogP contribution is 2.19. The molecule has 1 amide bonds. The van der Waals surface area contributed by atoms with Gasteiger partial charge in [-0.15, -0.1) is 10.2 Å². The summed E-state index contributed by atoms with van der Waals surface area (Å²) in [6.45, 7) is 1.08. The number of ether oxygens (including phenoxy) is 2. The van der Waals surface area contributed by atoms with E-state index in [1.54, 1.807) is 23.1 Å². The van der Waals surface area contributed by atoms with E-state index in [9.17, 15) is 4.79 Å². The maximum absolute atomic E-state index is 12.1. The van der Waals surface area contributed by atoms with Gasteiger partial charge in [0, 0.05) is 31.2 Å². The molecule has 21 heavy (non-hydrogen) atoms. The average molecular weight is 290 g/mol. The Bertz CT molecular complexity index is 599. The van der Waals surface area contributed by atoms with E-state index in [0.29, 0.717) is 24.8 Å². The normalized spacial score (nSPS) is 17.8. The van der Waals surface area contributed by atoms with Gasteiger partial charge in [-0.2, -0.15) is 0 Å². The number of aromatic nitrogens is 3. The molecule has 0 spiro atoms. The van der Waals surface area contributed by atoms with Crippen LogP contribution >= 0.6 is 0 Å². The summed E-state index contributed by atoms with van der Waals surface area (Å²) in [7, 11) is 1.52. The van der Waals surface area contributed by atoms with Crippen LogP contribution in [0.4, 0.5) is 0 Å². The molecule has 1 fully saturated rings. The third-order valence-corrected chi connectivity index (χ3v) is 3.19. The molecule has 3 rings (SSSR count). The Labute approximate surface area is 120 Å². The first-order chi connectivity index (χ1) is 10.3. The Morgan fingerprint density at radius 1 is 1.33 bits per heavy atom. The quantitative estimate of drug-likeness (QED) is 0.821. The van der Waals surface area contributed by atoms with Gasteiger partial charge in [0.15, 0.2) is 0 Å². The largest absolute Gasteiger partial charge is 0.480 e. The Morgan fingerprint density at radius 3 is 2.81 bits per heavy atom. The molecule has 0 aromatic carbocycles. The Morgan fingerprint density at radius 2 is 2.14 bits per heavy atom. The van der Waals surface area contributed by atoms with Crippen LogP contribution in [0.25, 0.3) is 0 Å². The van der Waals surface area contributed by atoms with Gasteiger partial charge < -0.3 is 18.9 Å². The highest BCUT2D eigenvalue weighted by molar-refractivity contribution is 5.91. The number of methoxy groups -OCH3 is 1. The fourth-order valence-electron chi connectivity index (χ4n) is 2.14. The van der Waals surface area contributed by atoms with Crippen LogP contribution in [0.3, 0.4) is 0 Å². The van der Waals surface area contributed by atoms with Crippen molar-refractivity contribution >= 4 is 5.91 Å². The fraction of sp³-hybridized carbons (Fsp3) is 0.385. The minimum absolute atomic E-state index is 0.112.